The highest BCUT2D eigenvalue weighted by Crippen LogP contribution is 2.34. The van der Waals surface area contributed by atoms with Crippen LogP contribution in [0.15, 0.2) is 21.1 Å². The lowest BCUT2D eigenvalue weighted by atomic mass is 9.97. The molecule has 0 saturated heterocycles. The Morgan fingerprint density at radius 1 is 1.21 bits per heavy atom. The van der Waals surface area contributed by atoms with E-state index in [0.717, 1.165) is 40.3 Å². The lowest BCUT2D eigenvalue weighted by Crippen LogP contribution is -2.23. The molecule has 0 aliphatic carbocycles. The molecule has 3 nitrogen and oxygen atoms in total. The molecule has 0 fully saturated rings. The number of anilines is 2. The summed E-state index contributed by atoms with van der Waals surface area (Å²) < 4.78 is 1.58. The number of carbonyl (C=O) groups is 1. The van der Waals surface area contributed by atoms with Crippen LogP contribution in [-0.2, 0) is 4.79 Å². The number of amides is 1. The number of rotatable bonds is 6. The van der Waals surface area contributed by atoms with Crippen molar-refractivity contribution < 1.29 is 4.79 Å². The summed E-state index contributed by atoms with van der Waals surface area (Å²) in [7, 11) is 0. The molecule has 0 unspecified atom stereocenters. The zero-order chi connectivity index (χ0) is 14.4. The number of halogens is 2. The van der Waals surface area contributed by atoms with Crippen molar-refractivity contribution in [1.82, 2.24) is 0 Å². The maximum atomic E-state index is 12.3. The molecule has 1 amide bonds. The second-order valence-corrected chi connectivity index (χ2v) is 6.33. The molecule has 0 spiro atoms. The lowest BCUT2D eigenvalue weighted by molar-refractivity contribution is -0.120. The molecular weight excluding hydrogens is 372 g/mol. The highest BCUT2D eigenvalue weighted by Gasteiger charge is 2.18. The Morgan fingerprint density at radius 3 is 2.11 bits per heavy atom. The van der Waals surface area contributed by atoms with Crippen LogP contribution in [-0.4, -0.2) is 5.91 Å². The summed E-state index contributed by atoms with van der Waals surface area (Å²) in [5.74, 6) is 0.154. The number of carbonyl (C=O) groups excluding carboxylic acids is 1. The van der Waals surface area contributed by atoms with Crippen molar-refractivity contribution in [2.45, 2.75) is 39.5 Å². The smallest absolute Gasteiger partial charge is 0.227 e. The van der Waals surface area contributed by atoms with Crippen LogP contribution >= 0.6 is 31.9 Å². The van der Waals surface area contributed by atoms with Gasteiger partial charge in [-0.3, -0.25) is 4.79 Å². The predicted molar refractivity (Wildman–Crippen MR) is 88.2 cm³/mol. The van der Waals surface area contributed by atoms with Gasteiger partial charge < -0.3 is 11.1 Å². The fraction of sp³-hybridized carbons (Fsp3) is 0.500. The molecule has 1 aromatic rings. The number of nitrogens with one attached hydrogen (secondary N) is 1. The number of hydrogen-bond acceptors (Lipinski definition) is 2. The van der Waals surface area contributed by atoms with Gasteiger partial charge in [-0.25, -0.2) is 0 Å². The SMILES string of the molecule is CCCC(CCC)C(=O)Nc1c(Br)cc(N)cc1Br. The van der Waals surface area contributed by atoms with Crippen molar-refractivity contribution in [2.24, 2.45) is 5.92 Å². The Labute approximate surface area is 131 Å². The molecule has 3 N–H and O–H groups in total. The normalized spacial score (nSPS) is 10.8. The van der Waals surface area contributed by atoms with Crippen LogP contribution in [0.2, 0.25) is 0 Å². The molecular formula is C14H20Br2N2O. The number of hydrogen-bond donors (Lipinski definition) is 2. The number of nitrogens with two attached hydrogens (primary N) is 1. The van der Waals surface area contributed by atoms with Crippen LogP contribution in [0.5, 0.6) is 0 Å². The Bertz CT molecular complexity index is 420. The molecule has 0 aliphatic rings. The van der Waals surface area contributed by atoms with Crippen LogP contribution < -0.4 is 11.1 Å². The van der Waals surface area contributed by atoms with Gasteiger partial charge in [0.2, 0.25) is 5.91 Å². The minimum absolute atomic E-state index is 0.0753. The van der Waals surface area contributed by atoms with Gasteiger partial charge in [0.15, 0.2) is 0 Å². The molecule has 19 heavy (non-hydrogen) atoms. The summed E-state index contributed by atoms with van der Waals surface area (Å²) in [6, 6.07) is 3.57. The second-order valence-electron chi connectivity index (χ2n) is 4.62. The van der Waals surface area contributed by atoms with Crippen molar-refractivity contribution in [2.75, 3.05) is 11.1 Å². The van der Waals surface area contributed by atoms with E-state index in [9.17, 15) is 4.79 Å². The van der Waals surface area contributed by atoms with Gasteiger partial charge in [-0.1, -0.05) is 26.7 Å². The van der Waals surface area contributed by atoms with Gasteiger partial charge >= 0.3 is 0 Å². The molecule has 1 aromatic carbocycles. The summed E-state index contributed by atoms with van der Waals surface area (Å²) in [4.78, 5) is 12.3. The summed E-state index contributed by atoms with van der Waals surface area (Å²) in [6.45, 7) is 4.20. The van der Waals surface area contributed by atoms with Crippen LogP contribution in [0.1, 0.15) is 39.5 Å². The summed E-state index contributed by atoms with van der Waals surface area (Å²) >= 11 is 6.86. The molecule has 106 valence electrons. The zero-order valence-electron chi connectivity index (χ0n) is 11.3. The van der Waals surface area contributed by atoms with E-state index in [0.29, 0.717) is 5.69 Å². The predicted octanol–water partition coefficient (Wildman–Crippen LogP) is 4.95. The summed E-state index contributed by atoms with van der Waals surface area (Å²) in [6.07, 6.45) is 3.87. The first-order valence-corrected chi connectivity index (χ1v) is 8.13. The molecule has 0 bridgehead atoms. The van der Waals surface area contributed by atoms with Crippen LogP contribution in [0.3, 0.4) is 0 Å². The zero-order valence-corrected chi connectivity index (χ0v) is 14.5. The highest BCUT2D eigenvalue weighted by molar-refractivity contribution is 9.11. The Hall–Kier alpha value is -0.550. The van der Waals surface area contributed by atoms with E-state index in [-0.39, 0.29) is 11.8 Å². The van der Waals surface area contributed by atoms with E-state index >= 15 is 0 Å². The fourth-order valence-corrected chi connectivity index (χ4v) is 3.46. The fourth-order valence-electron chi connectivity index (χ4n) is 2.04. The molecule has 5 heteroatoms. The molecule has 0 radical (unpaired) electrons. The number of nitrogen functional groups attached to an aromatic ring is 1. The molecule has 1 rings (SSSR count). The first-order valence-electron chi connectivity index (χ1n) is 6.54. The van der Waals surface area contributed by atoms with Gasteiger partial charge in [-0.2, -0.15) is 0 Å². The minimum Gasteiger partial charge on any atom is -0.399 e. The largest absolute Gasteiger partial charge is 0.399 e. The maximum absolute atomic E-state index is 12.3. The standard InChI is InChI=1S/C14H20Br2N2O/c1-3-5-9(6-4-2)14(19)18-13-11(15)7-10(17)8-12(13)16/h7-9H,3-6,17H2,1-2H3,(H,18,19). The van der Waals surface area contributed by atoms with Crippen molar-refractivity contribution in [3.8, 4) is 0 Å². The monoisotopic (exact) mass is 390 g/mol. The third-order valence-corrected chi connectivity index (χ3v) is 4.21. The topological polar surface area (TPSA) is 55.1 Å². The second kappa shape index (κ2) is 7.90. The average molecular weight is 392 g/mol. The lowest BCUT2D eigenvalue weighted by Gasteiger charge is -2.17. The Morgan fingerprint density at radius 2 is 1.68 bits per heavy atom. The minimum atomic E-state index is 0.0753. The highest BCUT2D eigenvalue weighted by atomic mass is 79.9. The van der Waals surface area contributed by atoms with Crippen molar-refractivity contribution in [3.63, 3.8) is 0 Å². The van der Waals surface area contributed by atoms with Crippen molar-refractivity contribution in [1.29, 1.82) is 0 Å². The van der Waals surface area contributed by atoms with Gasteiger partial charge in [-0.15, -0.1) is 0 Å². The first kappa shape index (κ1) is 16.5. The van der Waals surface area contributed by atoms with Crippen molar-refractivity contribution in [3.05, 3.63) is 21.1 Å². The average Bonchev–Trinajstić information content (AvgIpc) is 2.33. The van der Waals surface area contributed by atoms with Gasteiger partial charge in [0.1, 0.15) is 0 Å². The van der Waals surface area contributed by atoms with Crippen LogP contribution in [0, 0.1) is 5.92 Å². The van der Waals surface area contributed by atoms with Gasteiger partial charge in [-0.05, 0) is 56.8 Å². The Balaban J connectivity index is 2.86. The first-order chi connectivity index (χ1) is 8.99. The van der Waals surface area contributed by atoms with Gasteiger partial charge in [0, 0.05) is 20.6 Å². The molecule has 0 aliphatic heterocycles. The third kappa shape index (κ3) is 4.80. The van der Waals surface area contributed by atoms with Crippen molar-refractivity contribution >= 4 is 49.1 Å². The molecule has 0 heterocycles. The Kier molecular flexibility index (Phi) is 6.86. The quantitative estimate of drug-likeness (QED) is 0.674. The van der Waals surface area contributed by atoms with E-state index < -0.39 is 0 Å². The summed E-state index contributed by atoms with van der Waals surface area (Å²) in [5.41, 5.74) is 7.14. The number of benzene rings is 1. The molecule has 0 atom stereocenters. The van der Waals surface area contributed by atoms with Gasteiger partial charge in [0.05, 0.1) is 5.69 Å². The van der Waals surface area contributed by atoms with E-state index in [1.165, 1.54) is 0 Å². The third-order valence-electron chi connectivity index (χ3n) is 2.96. The van der Waals surface area contributed by atoms with E-state index in [4.69, 9.17) is 5.73 Å². The maximum Gasteiger partial charge on any atom is 0.227 e. The molecule has 0 saturated carbocycles. The van der Waals surface area contributed by atoms with Gasteiger partial charge in [0.25, 0.3) is 0 Å². The van der Waals surface area contributed by atoms with E-state index in [1.807, 2.05) is 0 Å². The van der Waals surface area contributed by atoms with E-state index in [2.05, 4.69) is 51.0 Å². The van der Waals surface area contributed by atoms with Crippen LogP contribution in [0.4, 0.5) is 11.4 Å². The van der Waals surface area contributed by atoms with E-state index in [1.54, 1.807) is 12.1 Å². The van der Waals surface area contributed by atoms with Crippen LogP contribution in [0.25, 0.3) is 0 Å². The summed E-state index contributed by atoms with van der Waals surface area (Å²) in [5, 5.41) is 2.99. The molecule has 0 aromatic heterocycles.